The van der Waals surface area contributed by atoms with Crippen LogP contribution >= 0.6 is 0 Å². The van der Waals surface area contributed by atoms with E-state index in [9.17, 15) is 10.2 Å². The molecule has 0 aromatic heterocycles. The van der Waals surface area contributed by atoms with Gasteiger partial charge in [0.1, 0.15) is 0 Å². The van der Waals surface area contributed by atoms with Gasteiger partial charge in [-0.15, -0.1) is 11.8 Å². The van der Waals surface area contributed by atoms with E-state index in [0.717, 1.165) is 33.4 Å². The smallest absolute Gasteiger partial charge is 0.0676 e. The molecule has 1 aliphatic carbocycles. The van der Waals surface area contributed by atoms with E-state index in [0.29, 0.717) is 0 Å². The molecule has 0 saturated heterocycles. The Morgan fingerprint density at radius 1 is 0.783 bits per heavy atom. The summed E-state index contributed by atoms with van der Waals surface area (Å²) in [6.45, 7) is 3.34. The Morgan fingerprint density at radius 2 is 1.22 bits per heavy atom. The average Bonchev–Trinajstić information content (AvgIpc) is 2.85. The lowest BCUT2D eigenvalue weighted by atomic mass is 9.79. The van der Waals surface area contributed by atoms with Crippen molar-refractivity contribution in [3.8, 4) is 34.8 Å². The molecule has 0 bridgehead atoms. The molecule has 0 saturated carbocycles. The Hall–Kier alpha value is -2.52. The number of aliphatic hydroxyl groups excluding tert-OH is 2. The van der Waals surface area contributed by atoms with E-state index >= 15 is 0 Å². The van der Waals surface area contributed by atoms with Crippen LogP contribution in [-0.2, 0) is 5.41 Å². The number of rotatable bonds is 2. The molecule has 2 N–H and O–H groups in total. The van der Waals surface area contributed by atoms with Crippen LogP contribution in [0.1, 0.15) is 36.1 Å². The fourth-order valence-corrected chi connectivity index (χ4v) is 3.35. The van der Waals surface area contributed by atoms with Crippen LogP contribution in [-0.4, -0.2) is 23.4 Å². The van der Waals surface area contributed by atoms with Gasteiger partial charge in [0.2, 0.25) is 0 Å². The number of fused-ring (bicyclic) bond motifs is 3. The molecule has 0 unspecified atom stereocenters. The summed E-state index contributed by atoms with van der Waals surface area (Å²) in [4.78, 5) is 0. The van der Waals surface area contributed by atoms with Crippen molar-refractivity contribution in [2.45, 2.75) is 19.3 Å². The Kier molecular flexibility index (Phi) is 3.97. The molecule has 0 spiro atoms. The summed E-state index contributed by atoms with van der Waals surface area (Å²) in [6.07, 6.45) is 0. The molecular formula is C21H18O2. The quantitative estimate of drug-likeness (QED) is 0.837. The van der Waals surface area contributed by atoms with Crippen molar-refractivity contribution in [2.75, 3.05) is 13.2 Å². The van der Waals surface area contributed by atoms with Crippen molar-refractivity contribution in [1.29, 1.82) is 0 Å². The van der Waals surface area contributed by atoms with E-state index in [1.165, 1.54) is 0 Å². The van der Waals surface area contributed by atoms with Gasteiger partial charge in [-0.2, -0.15) is 0 Å². The second-order valence-electron chi connectivity index (χ2n) is 5.67. The van der Waals surface area contributed by atoms with Gasteiger partial charge in [-0.25, -0.2) is 0 Å². The minimum atomic E-state index is -0.763. The minimum absolute atomic E-state index is 0.138. The van der Waals surface area contributed by atoms with E-state index in [-0.39, 0.29) is 13.2 Å². The molecule has 2 nitrogen and oxygen atoms in total. The van der Waals surface area contributed by atoms with Gasteiger partial charge >= 0.3 is 0 Å². The number of hydrogen-bond donors (Lipinski definition) is 2. The zero-order valence-electron chi connectivity index (χ0n) is 13.3. The first-order valence-corrected chi connectivity index (χ1v) is 7.57. The summed E-state index contributed by atoms with van der Waals surface area (Å²) in [5.74, 6) is 12.0. The SMILES string of the molecule is CC#Cc1ccc2c(c1)-c1cc(C#CC)ccc1C2(CO)CO. The summed E-state index contributed by atoms with van der Waals surface area (Å²) < 4.78 is 0. The summed E-state index contributed by atoms with van der Waals surface area (Å²) in [7, 11) is 0. The van der Waals surface area contributed by atoms with Crippen LogP contribution in [0.25, 0.3) is 11.1 Å². The topological polar surface area (TPSA) is 40.5 Å². The highest BCUT2D eigenvalue weighted by Gasteiger charge is 2.42. The Morgan fingerprint density at radius 3 is 1.57 bits per heavy atom. The maximum Gasteiger partial charge on any atom is 0.0676 e. The van der Waals surface area contributed by atoms with Crippen LogP contribution in [0.15, 0.2) is 36.4 Å². The average molecular weight is 302 g/mol. The molecule has 0 fully saturated rings. The van der Waals surface area contributed by atoms with Crippen LogP contribution in [0, 0.1) is 23.7 Å². The van der Waals surface area contributed by atoms with Gasteiger partial charge < -0.3 is 10.2 Å². The molecule has 2 aromatic rings. The van der Waals surface area contributed by atoms with Gasteiger partial charge in [-0.1, -0.05) is 24.0 Å². The Balaban J connectivity index is 2.33. The van der Waals surface area contributed by atoms with Gasteiger partial charge in [0, 0.05) is 11.1 Å². The maximum atomic E-state index is 10.0. The van der Waals surface area contributed by atoms with E-state index in [4.69, 9.17) is 0 Å². The lowest BCUT2D eigenvalue weighted by molar-refractivity contribution is 0.146. The summed E-state index contributed by atoms with van der Waals surface area (Å²) in [5, 5.41) is 20.1. The van der Waals surface area contributed by atoms with Gasteiger partial charge in [0.25, 0.3) is 0 Å². The number of benzene rings is 2. The zero-order chi connectivity index (χ0) is 16.4. The van der Waals surface area contributed by atoms with Crippen molar-refractivity contribution in [2.24, 2.45) is 0 Å². The summed E-state index contributed by atoms with van der Waals surface area (Å²) >= 11 is 0. The molecular weight excluding hydrogens is 284 g/mol. The predicted molar refractivity (Wildman–Crippen MR) is 91.9 cm³/mol. The molecule has 114 valence electrons. The molecule has 0 radical (unpaired) electrons. The van der Waals surface area contributed by atoms with Crippen LogP contribution in [0.2, 0.25) is 0 Å². The minimum Gasteiger partial charge on any atom is -0.395 e. The molecule has 2 heteroatoms. The highest BCUT2D eigenvalue weighted by atomic mass is 16.3. The highest BCUT2D eigenvalue weighted by Crippen LogP contribution is 2.49. The van der Waals surface area contributed by atoms with E-state index < -0.39 is 5.41 Å². The van der Waals surface area contributed by atoms with Crippen molar-refractivity contribution >= 4 is 0 Å². The lowest BCUT2D eigenvalue weighted by Gasteiger charge is -2.27. The third-order valence-electron chi connectivity index (χ3n) is 4.44. The summed E-state index contributed by atoms with van der Waals surface area (Å²) in [5.41, 5.74) is 5.01. The molecule has 0 amide bonds. The zero-order valence-corrected chi connectivity index (χ0v) is 13.3. The first-order valence-electron chi connectivity index (χ1n) is 7.57. The van der Waals surface area contributed by atoms with Gasteiger partial charge in [0.15, 0.2) is 0 Å². The number of aliphatic hydroxyl groups is 2. The molecule has 0 heterocycles. The van der Waals surface area contributed by atoms with Crippen molar-refractivity contribution in [3.63, 3.8) is 0 Å². The van der Waals surface area contributed by atoms with Crippen LogP contribution in [0.3, 0.4) is 0 Å². The second-order valence-corrected chi connectivity index (χ2v) is 5.67. The fourth-order valence-electron chi connectivity index (χ4n) is 3.35. The van der Waals surface area contributed by atoms with Gasteiger partial charge in [-0.05, 0) is 60.4 Å². The third kappa shape index (κ3) is 2.25. The molecule has 1 aliphatic rings. The first-order chi connectivity index (χ1) is 11.2. The van der Waals surface area contributed by atoms with E-state index in [1.807, 2.05) is 50.2 Å². The van der Waals surface area contributed by atoms with Crippen LogP contribution in [0.5, 0.6) is 0 Å². The van der Waals surface area contributed by atoms with Gasteiger partial charge in [-0.3, -0.25) is 0 Å². The molecule has 2 aromatic carbocycles. The van der Waals surface area contributed by atoms with Crippen molar-refractivity contribution in [3.05, 3.63) is 58.7 Å². The normalized spacial score (nSPS) is 13.2. The van der Waals surface area contributed by atoms with Crippen molar-refractivity contribution in [1.82, 2.24) is 0 Å². The third-order valence-corrected chi connectivity index (χ3v) is 4.44. The van der Waals surface area contributed by atoms with Gasteiger partial charge in [0.05, 0.1) is 18.6 Å². The molecule has 23 heavy (non-hydrogen) atoms. The molecule has 3 rings (SSSR count). The monoisotopic (exact) mass is 302 g/mol. The van der Waals surface area contributed by atoms with Crippen molar-refractivity contribution < 1.29 is 10.2 Å². The Bertz CT molecular complexity index is 810. The van der Waals surface area contributed by atoms with Crippen LogP contribution in [0.4, 0.5) is 0 Å². The predicted octanol–water partition coefficient (Wildman–Crippen LogP) is 2.68. The highest BCUT2D eigenvalue weighted by molar-refractivity contribution is 5.83. The lowest BCUT2D eigenvalue weighted by Crippen LogP contribution is -2.33. The van der Waals surface area contributed by atoms with Crippen LogP contribution < -0.4 is 0 Å². The molecule has 0 aliphatic heterocycles. The number of hydrogen-bond acceptors (Lipinski definition) is 2. The first kappa shape index (κ1) is 15.4. The fraction of sp³-hybridized carbons (Fsp3) is 0.238. The Labute approximate surface area is 136 Å². The largest absolute Gasteiger partial charge is 0.395 e. The summed E-state index contributed by atoms with van der Waals surface area (Å²) in [6, 6.07) is 11.9. The van der Waals surface area contributed by atoms with E-state index in [2.05, 4.69) is 23.7 Å². The second kappa shape index (κ2) is 5.94. The maximum absolute atomic E-state index is 10.0. The standard InChI is InChI=1S/C21H18O2/c1-3-5-15-7-9-19-17(11-15)18-12-16(6-4-2)8-10-20(18)21(19,13-22)14-23/h7-12,22-23H,13-14H2,1-2H3. The molecule has 0 atom stereocenters. The van der Waals surface area contributed by atoms with E-state index in [1.54, 1.807) is 0 Å².